The first-order valence-corrected chi connectivity index (χ1v) is 7.11. The van der Waals surface area contributed by atoms with Crippen molar-refractivity contribution in [3.63, 3.8) is 0 Å². The molecule has 0 saturated heterocycles. The number of hydrogen-bond acceptors (Lipinski definition) is 5. The van der Waals surface area contributed by atoms with Crippen molar-refractivity contribution < 1.29 is 19.1 Å². The van der Waals surface area contributed by atoms with Crippen LogP contribution in [0.15, 0.2) is 36.4 Å². The third kappa shape index (κ3) is 2.99. The topological polar surface area (TPSA) is 99.3 Å². The Balaban J connectivity index is 1.81. The lowest BCUT2D eigenvalue weighted by molar-refractivity contribution is 0.0702. The first-order valence-electron chi connectivity index (χ1n) is 7.11. The van der Waals surface area contributed by atoms with Gasteiger partial charge in [-0.3, -0.25) is 15.1 Å². The van der Waals surface area contributed by atoms with Crippen molar-refractivity contribution >= 4 is 22.5 Å². The van der Waals surface area contributed by atoms with Gasteiger partial charge < -0.3 is 10.1 Å². The summed E-state index contributed by atoms with van der Waals surface area (Å²) in [4.78, 5) is 11.5. The molecule has 0 aliphatic rings. The Morgan fingerprint density at radius 3 is 2.92 bits per heavy atom. The molecule has 8 heteroatoms. The Labute approximate surface area is 136 Å². The van der Waals surface area contributed by atoms with Crippen molar-refractivity contribution in [1.82, 2.24) is 15.7 Å². The SMILES string of the molecule is COc1ccc(F)cc1CNc1ccc2c(C(=O)NO)n[nH]c2c1. The summed E-state index contributed by atoms with van der Waals surface area (Å²) in [7, 11) is 1.53. The number of methoxy groups -OCH3 is 1. The molecule has 0 fully saturated rings. The summed E-state index contributed by atoms with van der Waals surface area (Å²) < 4.78 is 18.6. The molecule has 0 aliphatic carbocycles. The number of nitrogens with one attached hydrogen (secondary N) is 3. The molecule has 1 amide bonds. The van der Waals surface area contributed by atoms with Crippen LogP contribution in [0.4, 0.5) is 10.1 Å². The third-order valence-electron chi connectivity index (χ3n) is 3.60. The minimum absolute atomic E-state index is 0.103. The fraction of sp³-hybridized carbons (Fsp3) is 0.125. The molecule has 1 heterocycles. The minimum atomic E-state index is -0.688. The van der Waals surface area contributed by atoms with E-state index < -0.39 is 5.91 Å². The Hall–Kier alpha value is -3.13. The maximum absolute atomic E-state index is 13.4. The molecular weight excluding hydrogens is 315 g/mol. The van der Waals surface area contributed by atoms with E-state index in [0.717, 1.165) is 5.69 Å². The number of ether oxygens (including phenoxy) is 1. The smallest absolute Gasteiger partial charge is 0.295 e. The maximum atomic E-state index is 13.4. The Kier molecular flexibility index (Phi) is 4.30. The number of hydrogen-bond donors (Lipinski definition) is 4. The normalized spacial score (nSPS) is 10.6. The number of aromatic nitrogens is 2. The van der Waals surface area contributed by atoms with Crippen LogP contribution in [0.2, 0.25) is 0 Å². The average molecular weight is 330 g/mol. The number of amides is 1. The number of halogens is 1. The molecule has 4 N–H and O–H groups in total. The number of carbonyl (C=O) groups is 1. The van der Waals surface area contributed by atoms with Gasteiger partial charge in [-0.25, -0.2) is 9.87 Å². The molecule has 3 aromatic rings. The highest BCUT2D eigenvalue weighted by Crippen LogP contribution is 2.23. The summed E-state index contributed by atoms with van der Waals surface area (Å²) in [5.74, 6) is -0.434. The highest BCUT2D eigenvalue weighted by atomic mass is 19.1. The van der Waals surface area contributed by atoms with Crippen molar-refractivity contribution in [3.8, 4) is 5.75 Å². The second-order valence-corrected chi connectivity index (χ2v) is 5.08. The number of H-pyrrole nitrogens is 1. The lowest BCUT2D eigenvalue weighted by Crippen LogP contribution is -2.19. The molecule has 3 rings (SSSR count). The van der Waals surface area contributed by atoms with Crippen LogP contribution in [0.5, 0.6) is 5.75 Å². The van der Waals surface area contributed by atoms with E-state index in [0.29, 0.717) is 28.8 Å². The van der Waals surface area contributed by atoms with Gasteiger partial charge in [0.05, 0.1) is 12.6 Å². The number of carbonyl (C=O) groups excluding carboxylic acids is 1. The zero-order valence-electron chi connectivity index (χ0n) is 12.8. The molecule has 2 aromatic carbocycles. The highest BCUT2D eigenvalue weighted by molar-refractivity contribution is 6.04. The maximum Gasteiger partial charge on any atom is 0.295 e. The van der Waals surface area contributed by atoms with Gasteiger partial charge in [-0.05, 0) is 36.4 Å². The van der Waals surface area contributed by atoms with Gasteiger partial charge in [-0.1, -0.05) is 0 Å². The highest BCUT2D eigenvalue weighted by Gasteiger charge is 2.13. The molecule has 24 heavy (non-hydrogen) atoms. The minimum Gasteiger partial charge on any atom is -0.496 e. The summed E-state index contributed by atoms with van der Waals surface area (Å²) >= 11 is 0. The molecule has 0 saturated carbocycles. The van der Waals surface area contributed by atoms with Crippen LogP contribution in [0, 0.1) is 5.82 Å². The van der Waals surface area contributed by atoms with Gasteiger partial charge in [0.1, 0.15) is 11.6 Å². The Morgan fingerprint density at radius 2 is 2.17 bits per heavy atom. The molecule has 7 nitrogen and oxygen atoms in total. The van der Waals surface area contributed by atoms with Gasteiger partial charge >= 0.3 is 0 Å². The van der Waals surface area contributed by atoms with Crippen LogP contribution in [0.3, 0.4) is 0 Å². The summed E-state index contributed by atoms with van der Waals surface area (Å²) in [6, 6.07) is 9.55. The first-order chi connectivity index (χ1) is 11.6. The number of anilines is 1. The third-order valence-corrected chi connectivity index (χ3v) is 3.60. The van der Waals surface area contributed by atoms with Crippen LogP contribution in [0.1, 0.15) is 16.1 Å². The molecule has 0 aliphatic heterocycles. The first kappa shape index (κ1) is 15.8. The zero-order valence-corrected chi connectivity index (χ0v) is 12.8. The Morgan fingerprint density at radius 1 is 1.33 bits per heavy atom. The second-order valence-electron chi connectivity index (χ2n) is 5.08. The lowest BCUT2D eigenvalue weighted by atomic mass is 10.1. The van der Waals surface area contributed by atoms with Crippen LogP contribution in [-0.2, 0) is 6.54 Å². The quantitative estimate of drug-likeness (QED) is 0.425. The molecule has 1 aromatic heterocycles. The van der Waals surface area contributed by atoms with Crippen LogP contribution < -0.4 is 15.5 Å². The summed E-state index contributed by atoms with van der Waals surface area (Å²) in [5, 5.41) is 19.0. The fourth-order valence-corrected chi connectivity index (χ4v) is 2.44. The predicted molar refractivity (Wildman–Crippen MR) is 85.6 cm³/mol. The monoisotopic (exact) mass is 330 g/mol. The molecule has 0 radical (unpaired) electrons. The number of fused-ring (bicyclic) bond motifs is 1. The summed E-state index contributed by atoms with van der Waals surface area (Å²) in [6.45, 7) is 0.366. The number of nitrogens with zero attached hydrogens (tertiary/aromatic N) is 1. The van der Waals surface area contributed by atoms with Crippen LogP contribution in [0.25, 0.3) is 10.9 Å². The number of rotatable bonds is 5. The van der Waals surface area contributed by atoms with Gasteiger partial charge in [0.15, 0.2) is 5.69 Å². The van der Waals surface area contributed by atoms with Gasteiger partial charge in [-0.15, -0.1) is 0 Å². The standard InChI is InChI=1S/C16H15FN4O3/c1-24-14-5-2-10(17)6-9(14)8-18-11-3-4-12-13(7-11)19-20-15(12)16(22)21-23/h2-7,18,23H,8H2,1H3,(H,19,20)(H,21,22). The molecule has 124 valence electrons. The van der Waals surface area contributed by atoms with Crippen LogP contribution >= 0.6 is 0 Å². The van der Waals surface area contributed by atoms with Crippen molar-refractivity contribution in [2.24, 2.45) is 0 Å². The van der Waals surface area contributed by atoms with E-state index in [2.05, 4.69) is 15.5 Å². The summed E-state index contributed by atoms with van der Waals surface area (Å²) in [6.07, 6.45) is 0. The number of benzene rings is 2. The molecular formula is C16H15FN4O3. The van der Waals surface area contributed by atoms with Gasteiger partial charge in [0.2, 0.25) is 0 Å². The van der Waals surface area contributed by atoms with E-state index >= 15 is 0 Å². The fourth-order valence-electron chi connectivity index (χ4n) is 2.44. The average Bonchev–Trinajstić information content (AvgIpc) is 3.02. The van der Waals surface area contributed by atoms with E-state index in [-0.39, 0.29) is 11.5 Å². The predicted octanol–water partition coefficient (Wildman–Crippen LogP) is 2.44. The van der Waals surface area contributed by atoms with Crippen molar-refractivity contribution in [1.29, 1.82) is 0 Å². The van der Waals surface area contributed by atoms with E-state index in [1.165, 1.54) is 19.2 Å². The molecule has 0 spiro atoms. The van der Waals surface area contributed by atoms with E-state index in [1.54, 1.807) is 29.7 Å². The largest absolute Gasteiger partial charge is 0.496 e. The molecule has 0 bridgehead atoms. The molecule has 0 unspecified atom stereocenters. The van der Waals surface area contributed by atoms with Crippen molar-refractivity contribution in [2.75, 3.05) is 12.4 Å². The Bertz CT molecular complexity index is 894. The second kappa shape index (κ2) is 6.55. The van der Waals surface area contributed by atoms with E-state index in [4.69, 9.17) is 9.94 Å². The van der Waals surface area contributed by atoms with E-state index in [1.807, 2.05) is 0 Å². The lowest BCUT2D eigenvalue weighted by Gasteiger charge is -2.11. The number of hydroxylamine groups is 1. The van der Waals surface area contributed by atoms with Crippen molar-refractivity contribution in [3.05, 3.63) is 53.5 Å². The zero-order chi connectivity index (χ0) is 17.1. The van der Waals surface area contributed by atoms with Gasteiger partial charge in [0, 0.05) is 23.2 Å². The summed E-state index contributed by atoms with van der Waals surface area (Å²) in [5.41, 5.74) is 3.73. The van der Waals surface area contributed by atoms with Crippen LogP contribution in [-0.4, -0.2) is 28.4 Å². The van der Waals surface area contributed by atoms with Gasteiger partial charge in [-0.2, -0.15) is 5.10 Å². The van der Waals surface area contributed by atoms with Crippen molar-refractivity contribution in [2.45, 2.75) is 6.54 Å². The number of aromatic amines is 1. The molecule has 0 atom stereocenters. The van der Waals surface area contributed by atoms with E-state index in [9.17, 15) is 9.18 Å². The van der Waals surface area contributed by atoms with Gasteiger partial charge in [0.25, 0.3) is 5.91 Å².